The first-order valence-corrected chi connectivity index (χ1v) is 4.94. The molecule has 0 aromatic rings. The molecule has 1 aliphatic rings. The summed E-state index contributed by atoms with van der Waals surface area (Å²) in [6.07, 6.45) is 6.94. The van der Waals surface area contributed by atoms with Crippen LogP contribution in [0.2, 0.25) is 0 Å². The maximum absolute atomic E-state index is 10.8. The van der Waals surface area contributed by atoms with Crippen LogP contribution in [0.4, 0.5) is 0 Å². The van der Waals surface area contributed by atoms with Gasteiger partial charge in [-0.25, -0.2) is 0 Å². The van der Waals surface area contributed by atoms with E-state index in [1.165, 1.54) is 0 Å². The highest BCUT2D eigenvalue weighted by Crippen LogP contribution is 2.04. The monoisotopic (exact) mass is 182 g/mol. The molecular formula is C10H18N2O. The van der Waals surface area contributed by atoms with Crippen molar-refractivity contribution in [1.29, 1.82) is 0 Å². The summed E-state index contributed by atoms with van der Waals surface area (Å²) >= 11 is 0. The van der Waals surface area contributed by atoms with Gasteiger partial charge in [-0.2, -0.15) is 0 Å². The van der Waals surface area contributed by atoms with Crippen LogP contribution in [-0.2, 0) is 4.79 Å². The van der Waals surface area contributed by atoms with Gasteiger partial charge in [-0.3, -0.25) is 4.79 Å². The van der Waals surface area contributed by atoms with Crippen molar-refractivity contribution in [3.8, 4) is 0 Å². The largest absolute Gasteiger partial charge is 0.352 e. The molecule has 0 spiro atoms. The highest BCUT2D eigenvalue weighted by molar-refractivity contribution is 5.78. The van der Waals surface area contributed by atoms with Crippen molar-refractivity contribution >= 4 is 5.91 Å². The van der Waals surface area contributed by atoms with Gasteiger partial charge in [0.25, 0.3) is 0 Å². The third-order valence-corrected chi connectivity index (χ3v) is 2.20. The fourth-order valence-electron chi connectivity index (χ4n) is 1.46. The Balaban J connectivity index is 1.97. The molecule has 1 unspecified atom stereocenters. The maximum atomic E-state index is 10.8. The number of nitrogens with one attached hydrogen (secondary N) is 2. The zero-order valence-corrected chi connectivity index (χ0v) is 8.18. The van der Waals surface area contributed by atoms with Gasteiger partial charge < -0.3 is 10.6 Å². The number of hydrogen-bond donors (Lipinski definition) is 2. The Morgan fingerprint density at radius 3 is 3.15 bits per heavy atom. The van der Waals surface area contributed by atoms with E-state index in [9.17, 15) is 4.79 Å². The number of rotatable bonds is 5. The van der Waals surface area contributed by atoms with Gasteiger partial charge in [0.05, 0.1) is 0 Å². The second-order valence-electron chi connectivity index (χ2n) is 3.36. The van der Waals surface area contributed by atoms with Gasteiger partial charge in [0.1, 0.15) is 0 Å². The zero-order chi connectivity index (χ0) is 9.52. The van der Waals surface area contributed by atoms with Gasteiger partial charge in [0, 0.05) is 19.0 Å². The third-order valence-electron chi connectivity index (χ3n) is 2.20. The summed E-state index contributed by atoms with van der Waals surface area (Å²) < 4.78 is 0. The minimum atomic E-state index is 0.195. The molecule has 1 amide bonds. The smallest absolute Gasteiger partial charge is 0.220 e. The van der Waals surface area contributed by atoms with Crippen LogP contribution in [0.15, 0.2) is 12.2 Å². The van der Waals surface area contributed by atoms with Crippen LogP contribution >= 0.6 is 0 Å². The average Bonchev–Trinajstić information content (AvgIpc) is 2.51. The highest BCUT2D eigenvalue weighted by atomic mass is 16.1. The number of allylic oxidation sites excluding steroid dienone is 1. The molecule has 0 aromatic carbocycles. The van der Waals surface area contributed by atoms with Gasteiger partial charge in [-0.05, 0) is 26.3 Å². The van der Waals surface area contributed by atoms with Crippen LogP contribution in [0, 0.1) is 0 Å². The quantitative estimate of drug-likeness (QED) is 0.488. The predicted octanol–water partition coefficient (Wildman–Crippen LogP) is 0.821. The first-order chi connectivity index (χ1) is 6.33. The zero-order valence-electron chi connectivity index (χ0n) is 8.18. The molecule has 2 N–H and O–H groups in total. The summed E-state index contributed by atoms with van der Waals surface area (Å²) in [4.78, 5) is 10.8. The molecular weight excluding hydrogens is 164 g/mol. The van der Waals surface area contributed by atoms with Crippen LogP contribution in [-0.4, -0.2) is 25.0 Å². The van der Waals surface area contributed by atoms with Crippen molar-refractivity contribution in [2.75, 3.05) is 13.1 Å². The van der Waals surface area contributed by atoms with E-state index in [0.29, 0.717) is 12.5 Å². The molecule has 1 heterocycles. The Kier molecular flexibility index (Phi) is 4.54. The van der Waals surface area contributed by atoms with Gasteiger partial charge in [-0.15, -0.1) is 0 Å². The minimum absolute atomic E-state index is 0.195. The summed E-state index contributed by atoms with van der Waals surface area (Å²) in [5.74, 6) is 0.195. The average molecular weight is 182 g/mol. The van der Waals surface area contributed by atoms with Crippen LogP contribution < -0.4 is 10.6 Å². The van der Waals surface area contributed by atoms with Crippen molar-refractivity contribution in [3.63, 3.8) is 0 Å². The summed E-state index contributed by atoms with van der Waals surface area (Å²) in [7, 11) is 0. The normalized spacial score (nSPS) is 22.5. The van der Waals surface area contributed by atoms with Gasteiger partial charge in [0.15, 0.2) is 0 Å². The molecule has 0 radical (unpaired) electrons. The summed E-state index contributed by atoms with van der Waals surface area (Å²) in [5, 5.41) is 6.24. The highest BCUT2D eigenvalue weighted by Gasteiger charge is 2.19. The molecule has 1 rings (SSSR count). The predicted molar refractivity (Wildman–Crippen MR) is 53.5 cm³/mol. The lowest BCUT2D eigenvalue weighted by Gasteiger charge is -2.09. The number of carbonyl (C=O) groups is 1. The van der Waals surface area contributed by atoms with Gasteiger partial charge in [-0.1, -0.05) is 12.2 Å². The fraction of sp³-hybridized carbons (Fsp3) is 0.700. The second kappa shape index (κ2) is 5.75. The summed E-state index contributed by atoms with van der Waals surface area (Å²) in [6.45, 7) is 3.93. The van der Waals surface area contributed by atoms with Crippen molar-refractivity contribution in [2.24, 2.45) is 0 Å². The topological polar surface area (TPSA) is 41.1 Å². The molecule has 1 fully saturated rings. The van der Waals surface area contributed by atoms with E-state index in [1.54, 1.807) is 0 Å². The molecule has 3 nitrogen and oxygen atoms in total. The molecule has 1 aliphatic heterocycles. The molecule has 3 heteroatoms. The van der Waals surface area contributed by atoms with Gasteiger partial charge in [0.2, 0.25) is 5.91 Å². The Bertz CT molecular complexity index is 189. The number of amides is 1. The van der Waals surface area contributed by atoms with Crippen LogP contribution in [0.3, 0.4) is 0 Å². The summed E-state index contributed by atoms with van der Waals surface area (Å²) in [5.41, 5.74) is 0. The lowest BCUT2D eigenvalue weighted by molar-refractivity contribution is -0.119. The van der Waals surface area contributed by atoms with E-state index in [4.69, 9.17) is 0 Å². The first-order valence-electron chi connectivity index (χ1n) is 4.94. The van der Waals surface area contributed by atoms with E-state index < -0.39 is 0 Å². The standard InChI is InChI=1S/C10H18N2O/c1-2-3-4-7-11-8-9-5-6-10(13)12-9/h2-3,9,11H,4-8H2,1H3,(H,12,13)/b3-2+. The SMILES string of the molecule is C/C=C/CCNCC1CCC(=O)N1. The molecule has 0 saturated carbocycles. The molecule has 0 aliphatic carbocycles. The fourth-order valence-corrected chi connectivity index (χ4v) is 1.46. The Morgan fingerprint density at radius 2 is 2.54 bits per heavy atom. The molecule has 74 valence electrons. The number of carbonyl (C=O) groups excluding carboxylic acids is 1. The maximum Gasteiger partial charge on any atom is 0.220 e. The lowest BCUT2D eigenvalue weighted by atomic mass is 10.2. The van der Waals surface area contributed by atoms with E-state index >= 15 is 0 Å². The third kappa shape index (κ3) is 4.08. The molecule has 1 saturated heterocycles. The molecule has 0 aromatic heterocycles. The van der Waals surface area contributed by atoms with Crippen LogP contribution in [0.25, 0.3) is 0 Å². The van der Waals surface area contributed by atoms with E-state index in [-0.39, 0.29) is 5.91 Å². The van der Waals surface area contributed by atoms with Crippen LogP contribution in [0.1, 0.15) is 26.2 Å². The first kappa shape index (κ1) is 10.3. The van der Waals surface area contributed by atoms with Crippen molar-refractivity contribution < 1.29 is 4.79 Å². The van der Waals surface area contributed by atoms with Crippen molar-refractivity contribution in [3.05, 3.63) is 12.2 Å². The van der Waals surface area contributed by atoms with Crippen molar-refractivity contribution in [1.82, 2.24) is 10.6 Å². The molecule has 1 atom stereocenters. The van der Waals surface area contributed by atoms with E-state index in [0.717, 1.165) is 25.9 Å². The van der Waals surface area contributed by atoms with E-state index in [1.807, 2.05) is 6.92 Å². The van der Waals surface area contributed by atoms with Crippen LogP contribution in [0.5, 0.6) is 0 Å². The Labute approximate surface area is 79.6 Å². The second-order valence-corrected chi connectivity index (χ2v) is 3.36. The van der Waals surface area contributed by atoms with E-state index in [2.05, 4.69) is 22.8 Å². The summed E-state index contributed by atoms with van der Waals surface area (Å²) in [6, 6.07) is 0.359. The minimum Gasteiger partial charge on any atom is -0.352 e. The Hall–Kier alpha value is -0.830. The van der Waals surface area contributed by atoms with Crippen molar-refractivity contribution in [2.45, 2.75) is 32.2 Å². The molecule has 13 heavy (non-hydrogen) atoms. The Morgan fingerprint density at radius 1 is 1.69 bits per heavy atom. The number of hydrogen-bond acceptors (Lipinski definition) is 2. The lowest BCUT2D eigenvalue weighted by Crippen LogP contribution is -2.35. The van der Waals surface area contributed by atoms with Gasteiger partial charge >= 0.3 is 0 Å². The molecule has 0 bridgehead atoms.